The fraction of sp³-hybridized carbons (Fsp3) is 0.562. The molecule has 0 aliphatic heterocycles. The van der Waals surface area contributed by atoms with Crippen LogP contribution in [0.4, 0.5) is 4.79 Å². The predicted molar refractivity (Wildman–Crippen MR) is 80.8 cm³/mol. The molecule has 1 aliphatic carbocycles. The molecule has 1 saturated carbocycles. The van der Waals surface area contributed by atoms with Crippen LogP contribution in [-0.4, -0.2) is 30.4 Å². The van der Waals surface area contributed by atoms with Crippen LogP contribution in [0.2, 0.25) is 0 Å². The van der Waals surface area contributed by atoms with Crippen LogP contribution in [0.1, 0.15) is 36.8 Å². The molecule has 0 bridgehead atoms. The number of rotatable bonds is 6. The van der Waals surface area contributed by atoms with Gasteiger partial charge in [0.25, 0.3) is 0 Å². The van der Waals surface area contributed by atoms with Gasteiger partial charge < -0.3 is 20.5 Å². The molecule has 2 amide bonds. The minimum absolute atomic E-state index is 0.240. The van der Waals surface area contributed by atoms with Gasteiger partial charge in [-0.3, -0.25) is 0 Å². The van der Waals surface area contributed by atoms with E-state index in [-0.39, 0.29) is 6.03 Å². The summed E-state index contributed by atoms with van der Waals surface area (Å²) in [6, 6.07) is 7.67. The Bertz CT molecular complexity index is 453. The summed E-state index contributed by atoms with van der Waals surface area (Å²) in [5.74, 6) is 0. The van der Waals surface area contributed by atoms with Crippen molar-refractivity contribution in [2.45, 2.75) is 44.4 Å². The molecule has 2 rings (SSSR count). The highest BCUT2D eigenvalue weighted by Crippen LogP contribution is 2.28. The highest BCUT2D eigenvalue weighted by Gasteiger charge is 2.31. The van der Waals surface area contributed by atoms with Gasteiger partial charge in [0.2, 0.25) is 0 Å². The van der Waals surface area contributed by atoms with Crippen molar-refractivity contribution in [2.24, 2.45) is 0 Å². The summed E-state index contributed by atoms with van der Waals surface area (Å²) in [5, 5.41) is 15.7. The number of nitrogens with one attached hydrogen (secondary N) is 2. The summed E-state index contributed by atoms with van der Waals surface area (Å²) in [4.78, 5) is 11.7. The lowest BCUT2D eigenvalue weighted by molar-refractivity contribution is 0.0501. The fourth-order valence-corrected chi connectivity index (χ4v) is 2.62. The van der Waals surface area contributed by atoms with Gasteiger partial charge in [0.1, 0.15) is 0 Å². The van der Waals surface area contributed by atoms with E-state index in [2.05, 4.69) is 10.6 Å². The topological polar surface area (TPSA) is 70.6 Å². The average molecular weight is 292 g/mol. The molecule has 0 saturated heterocycles. The second kappa shape index (κ2) is 7.43. The Kier molecular flexibility index (Phi) is 5.59. The van der Waals surface area contributed by atoms with Crippen molar-refractivity contribution < 1.29 is 14.6 Å². The standard InChI is InChI=1S/C16H24N2O3/c1-21-11-14-6-4-13(5-7-14)10-17-15(19)18-12-16(20)8-2-3-9-16/h4-7,20H,2-3,8-12H2,1H3,(H2,17,18,19). The summed E-state index contributed by atoms with van der Waals surface area (Å²) in [6.45, 7) is 1.38. The maximum atomic E-state index is 11.7. The first kappa shape index (κ1) is 15.8. The lowest BCUT2D eigenvalue weighted by atomic mass is 10.0. The van der Waals surface area contributed by atoms with Crippen molar-refractivity contribution in [3.63, 3.8) is 0 Å². The molecular formula is C16H24N2O3. The molecule has 1 aromatic carbocycles. The number of hydrogen-bond acceptors (Lipinski definition) is 3. The monoisotopic (exact) mass is 292 g/mol. The summed E-state index contributed by atoms with van der Waals surface area (Å²) < 4.78 is 5.05. The summed E-state index contributed by atoms with van der Waals surface area (Å²) in [7, 11) is 1.66. The Labute approximate surface area is 125 Å². The summed E-state index contributed by atoms with van der Waals surface area (Å²) >= 11 is 0. The van der Waals surface area contributed by atoms with Crippen molar-refractivity contribution in [3.05, 3.63) is 35.4 Å². The van der Waals surface area contributed by atoms with E-state index in [4.69, 9.17) is 4.74 Å². The molecule has 0 radical (unpaired) electrons. The van der Waals surface area contributed by atoms with E-state index in [1.165, 1.54) is 0 Å². The molecule has 1 fully saturated rings. The van der Waals surface area contributed by atoms with E-state index < -0.39 is 5.60 Å². The van der Waals surface area contributed by atoms with Gasteiger partial charge >= 0.3 is 6.03 Å². The second-order valence-corrected chi connectivity index (χ2v) is 5.72. The molecule has 1 aromatic rings. The summed E-state index contributed by atoms with van der Waals surface area (Å²) in [5.41, 5.74) is 1.43. The van der Waals surface area contributed by atoms with E-state index in [1.54, 1.807) is 7.11 Å². The molecule has 1 aliphatic rings. The fourth-order valence-electron chi connectivity index (χ4n) is 2.62. The van der Waals surface area contributed by atoms with Gasteiger partial charge in [-0.25, -0.2) is 4.79 Å². The molecule has 3 N–H and O–H groups in total. The van der Waals surface area contributed by atoms with Crippen LogP contribution in [0.15, 0.2) is 24.3 Å². The van der Waals surface area contributed by atoms with Gasteiger partial charge in [-0.2, -0.15) is 0 Å². The molecule has 0 unspecified atom stereocenters. The number of aliphatic hydroxyl groups is 1. The summed E-state index contributed by atoms with van der Waals surface area (Å²) in [6.07, 6.45) is 3.61. The van der Waals surface area contributed by atoms with Gasteiger partial charge in [0.15, 0.2) is 0 Å². The van der Waals surface area contributed by atoms with Crippen molar-refractivity contribution in [1.82, 2.24) is 10.6 Å². The molecule has 116 valence electrons. The number of benzene rings is 1. The van der Waals surface area contributed by atoms with Crippen LogP contribution in [-0.2, 0) is 17.9 Å². The number of ether oxygens (including phenoxy) is 1. The zero-order chi connectivity index (χ0) is 15.1. The third-order valence-corrected chi connectivity index (χ3v) is 3.90. The maximum absolute atomic E-state index is 11.7. The number of hydrogen-bond donors (Lipinski definition) is 3. The number of urea groups is 1. The third kappa shape index (κ3) is 5.02. The highest BCUT2D eigenvalue weighted by atomic mass is 16.5. The molecule has 5 nitrogen and oxygen atoms in total. The van der Waals surface area contributed by atoms with Crippen LogP contribution in [0.3, 0.4) is 0 Å². The first-order valence-corrected chi connectivity index (χ1v) is 7.42. The lowest BCUT2D eigenvalue weighted by Gasteiger charge is -2.22. The third-order valence-electron chi connectivity index (χ3n) is 3.90. The maximum Gasteiger partial charge on any atom is 0.315 e. The van der Waals surface area contributed by atoms with Crippen molar-refractivity contribution in [3.8, 4) is 0 Å². The largest absolute Gasteiger partial charge is 0.388 e. The van der Waals surface area contributed by atoms with Crippen LogP contribution in [0.25, 0.3) is 0 Å². The van der Waals surface area contributed by atoms with Crippen molar-refractivity contribution in [2.75, 3.05) is 13.7 Å². The molecule has 21 heavy (non-hydrogen) atoms. The number of carbonyl (C=O) groups excluding carboxylic acids is 1. The minimum Gasteiger partial charge on any atom is -0.388 e. The Morgan fingerprint density at radius 1 is 1.19 bits per heavy atom. The molecular weight excluding hydrogens is 268 g/mol. The van der Waals surface area contributed by atoms with Gasteiger partial charge in [0, 0.05) is 20.2 Å². The molecule has 0 aromatic heterocycles. The van der Waals surface area contributed by atoms with E-state index in [0.717, 1.165) is 36.8 Å². The molecule has 0 atom stereocenters. The Hall–Kier alpha value is -1.59. The average Bonchev–Trinajstić information content (AvgIpc) is 2.92. The quantitative estimate of drug-likeness (QED) is 0.750. The van der Waals surface area contributed by atoms with Crippen LogP contribution < -0.4 is 10.6 Å². The van der Waals surface area contributed by atoms with E-state index >= 15 is 0 Å². The molecule has 0 spiro atoms. The number of carbonyl (C=O) groups is 1. The highest BCUT2D eigenvalue weighted by molar-refractivity contribution is 5.73. The van der Waals surface area contributed by atoms with E-state index in [1.807, 2.05) is 24.3 Å². The lowest BCUT2D eigenvalue weighted by Crippen LogP contribution is -2.44. The van der Waals surface area contributed by atoms with Gasteiger partial charge in [-0.15, -0.1) is 0 Å². The van der Waals surface area contributed by atoms with E-state index in [9.17, 15) is 9.90 Å². The zero-order valence-electron chi connectivity index (χ0n) is 12.5. The van der Waals surface area contributed by atoms with Gasteiger partial charge in [-0.05, 0) is 24.0 Å². The Morgan fingerprint density at radius 2 is 1.81 bits per heavy atom. The SMILES string of the molecule is COCc1ccc(CNC(=O)NCC2(O)CCCC2)cc1. The zero-order valence-corrected chi connectivity index (χ0v) is 12.5. The van der Waals surface area contributed by atoms with Crippen LogP contribution >= 0.6 is 0 Å². The molecule has 5 heteroatoms. The van der Waals surface area contributed by atoms with Crippen LogP contribution in [0, 0.1) is 0 Å². The first-order chi connectivity index (χ1) is 10.1. The Morgan fingerprint density at radius 3 is 2.43 bits per heavy atom. The smallest absolute Gasteiger partial charge is 0.315 e. The van der Waals surface area contributed by atoms with Crippen LogP contribution in [0.5, 0.6) is 0 Å². The van der Waals surface area contributed by atoms with Crippen molar-refractivity contribution in [1.29, 1.82) is 0 Å². The first-order valence-electron chi connectivity index (χ1n) is 7.42. The minimum atomic E-state index is -0.709. The van der Waals surface area contributed by atoms with Crippen molar-refractivity contribution >= 4 is 6.03 Å². The Balaban J connectivity index is 1.70. The second-order valence-electron chi connectivity index (χ2n) is 5.72. The van der Waals surface area contributed by atoms with Gasteiger partial charge in [-0.1, -0.05) is 37.1 Å². The van der Waals surface area contributed by atoms with E-state index in [0.29, 0.717) is 19.7 Å². The number of methoxy groups -OCH3 is 1. The normalized spacial score (nSPS) is 16.7. The molecule has 0 heterocycles. The number of amides is 2. The van der Waals surface area contributed by atoms with Gasteiger partial charge in [0.05, 0.1) is 12.2 Å². The predicted octanol–water partition coefficient (Wildman–Crippen LogP) is 1.94.